The van der Waals surface area contributed by atoms with Crippen molar-refractivity contribution in [2.24, 2.45) is 0 Å². The summed E-state index contributed by atoms with van der Waals surface area (Å²) in [5.74, 6) is 0.686. The van der Waals surface area contributed by atoms with Crippen LogP contribution in [-0.4, -0.2) is 54.2 Å². The summed E-state index contributed by atoms with van der Waals surface area (Å²) in [7, 11) is -0.275. The molecule has 106 valence electrons. The van der Waals surface area contributed by atoms with Crippen molar-refractivity contribution in [1.29, 1.82) is 0 Å². The molecule has 0 bridgehead atoms. The van der Waals surface area contributed by atoms with Gasteiger partial charge in [-0.3, -0.25) is 0 Å². The summed E-state index contributed by atoms with van der Waals surface area (Å²) in [6.45, 7) is 2.72. The lowest BCUT2D eigenvalue weighted by atomic mass is 10.1. The van der Waals surface area contributed by atoms with Gasteiger partial charge in [0.25, 0.3) is 10.2 Å². The molecule has 1 aromatic rings. The number of rotatable bonds is 3. The van der Waals surface area contributed by atoms with E-state index < -0.39 is 10.2 Å². The van der Waals surface area contributed by atoms with Crippen molar-refractivity contribution >= 4 is 21.8 Å². The van der Waals surface area contributed by atoms with Crippen LogP contribution in [0.25, 0.3) is 0 Å². The Morgan fingerprint density at radius 1 is 1.42 bits per heavy atom. The second kappa shape index (κ2) is 5.32. The van der Waals surface area contributed by atoms with Crippen molar-refractivity contribution in [3.63, 3.8) is 0 Å². The molecule has 1 aromatic heterocycles. The van der Waals surface area contributed by atoms with E-state index in [-0.39, 0.29) is 5.92 Å². The van der Waals surface area contributed by atoms with Gasteiger partial charge in [-0.2, -0.15) is 17.0 Å². The fourth-order valence-corrected chi connectivity index (χ4v) is 3.57. The normalized spacial score (nSPS) is 21.2. The van der Waals surface area contributed by atoms with Crippen molar-refractivity contribution in [2.75, 3.05) is 27.2 Å². The standard InChI is InChI=1S/C11H17ClN4O2S/c1-8-13-10(6-11(12)14-8)9-4-5-16(7-9)19(17,18)15(2)3/h6,9H,4-5,7H2,1-3H3. The third kappa shape index (κ3) is 3.05. The summed E-state index contributed by atoms with van der Waals surface area (Å²) in [5.41, 5.74) is 0.814. The van der Waals surface area contributed by atoms with Gasteiger partial charge in [-0.1, -0.05) is 11.6 Å². The lowest BCUT2D eigenvalue weighted by molar-refractivity contribution is 0.418. The highest BCUT2D eigenvalue weighted by atomic mass is 35.5. The van der Waals surface area contributed by atoms with Gasteiger partial charge in [0, 0.05) is 33.1 Å². The third-order valence-corrected chi connectivity index (χ3v) is 5.28. The van der Waals surface area contributed by atoms with Gasteiger partial charge in [0.05, 0.1) is 5.69 Å². The first-order valence-electron chi connectivity index (χ1n) is 5.99. The summed E-state index contributed by atoms with van der Waals surface area (Å²) in [4.78, 5) is 8.36. The molecule has 1 fully saturated rings. The Morgan fingerprint density at radius 2 is 2.11 bits per heavy atom. The maximum atomic E-state index is 12.0. The molecular weight excluding hydrogens is 288 g/mol. The van der Waals surface area contributed by atoms with E-state index in [1.165, 1.54) is 22.7 Å². The third-order valence-electron chi connectivity index (χ3n) is 3.18. The summed E-state index contributed by atoms with van der Waals surface area (Å²) < 4.78 is 26.8. The highest BCUT2D eigenvalue weighted by Gasteiger charge is 2.34. The first-order chi connectivity index (χ1) is 8.80. The molecule has 0 aliphatic carbocycles. The SMILES string of the molecule is Cc1nc(Cl)cc(C2CCN(S(=O)(=O)N(C)C)C2)n1. The molecule has 1 atom stereocenters. The van der Waals surface area contributed by atoms with E-state index in [1.807, 2.05) is 0 Å². The van der Waals surface area contributed by atoms with Gasteiger partial charge in [-0.25, -0.2) is 9.97 Å². The van der Waals surface area contributed by atoms with Gasteiger partial charge in [0.2, 0.25) is 0 Å². The number of halogens is 1. The molecule has 2 rings (SSSR count). The quantitative estimate of drug-likeness (QED) is 0.783. The average molecular weight is 305 g/mol. The fraction of sp³-hybridized carbons (Fsp3) is 0.636. The highest BCUT2D eigenvalue weighted by Crippen LogP contribution is 2.29. The molecule has 0 N–H and O–H groups in total. The largest absolute Gasteiger partial charge is 0.281 e. The molecule has 1 unspecified atom stereocenters. The number of aryl methyl sites for hydroxylation is 1. The van der Waals surface area contributed by atoms with Gasteiger partial charge in [-0.15, -0.1) is 0 Å². The van der Waals surface area contributed by atoms with E-state index >= 15 is 0 Å². The van der Waals surface area contributed by atoms with Crippen LogP contribution in [0.5, 0.6) is 0 Å². The predicted octanol–water partition coefficient (Wildman–Crippen LogP) is 1.03. The Hall–Kier alpha value is -0.760. The van der Waals surface area contributed by atoms with Crippen LogP contribution < -0.4 is 0 Å². The summed E-state index contributed by atoms with van der Waals surface area (Å²) in [5, 5.41) is 0.399. The first-order valence-corrected chi connectivity index (χ1v) is 7.77. The molecule has 0 radical (unpaired) electrons. The maximum absolute atomic E-state index is 12.0. The van der Waals surface area contributed by atoms with E-state index in [1.54, 1.807) is 13.0 Å². The maximum Gasteiger partial charge on any atom is 0.281 e. The molecule has 0 aromatic carbocycles. The van der Waals surface area contributed by atoms with E-state index in [9.17, 15) is 8.42 Å². The first kappa shape index (κ1) is 14.6. The molecule has 0 spiro atoms. The minimum Gasteiger partial charge on any atom is -0.238 e. The van der Waals surface area contributed by atoms with E-state index in [0.29, 0.717) is 24.1 Å². The van der Waals surface area contributed by atoms with Gasteiger partial charge in [-0.05, 0) is 19.4 Å². The minimum atomic E-state index is -3.35. The van der Waals surface area contributed by atoms with Crippen molar-refractivity contribution in [1.82, 2.24) is 18.6 Å². The smallest absolute Gasteiger partial charge is 0.238 e. The molecule has 6 nitrogen and oxygen atoms in total. The summed E-state index contributed by atoms with van der Waals surface area (Å²) >= 11 is 5.91. The van der Waals surface area contributed by atoms with Gasteiger partial charge in [0.15, 0.2) is 0 Å². The fourth-order valence-electron chi connectivity index (χ4n) is 2.17. The zero-order valence-corrected chi connectivity index (χ0v) is 12.7. The second-order valence-electron chi connectivity index (χ2n) is 4.80. The molecule has 1 aliphatic heterocycles. The molecule has 0 saturated carbocycles. The molecule has 0 amide bonds. The molecular formula is C11H17ClN4O2S. The van der Waals surface area contributed by atoms with Crippen LogP contribution in [0.1, 0.15) is 23.9 Å². The zero-order valence-electron chi connectivity index (χ0n) is 11.2. The number of hydrogen-bond donors (Lipinski definition) is 0. The monoisotopic (exact) mass is 304 g/mol. The molecule has 19 heavy (non-hydrogen) atoms. The zero-order chi connectivity index (χ0) is 14.2. The Labute approximate surface area is 118 Å². The lowest BCUT2D eigenvalue weighted by Gasteiger charge is -2.20. The van der Waals surface area contributed by atoms with E-state index in [4.69, 9.17) is 11.6 Å². The van der Waals surface area contributed by atoms with Crippen molar-refractivity contribution in [2.45, 2.75) is 19.3 Å². The van der Waals surface area contributed by atoms with Gasteiger partial charge >= 0.3 is 0 Å². The van der Waals surface area contributed by atoms with E-state index in [0.717, 1.165) is 12.1 Å². The van der Waals surface area contributed by atoms with Gasteiger partial charge < -0.3 is 0 Å². The van der Waals surface area contributed by atoms with Crippen LogP contribution in [-0.2, 0) is 10.2 Å². The van der Waals surface area contributed by atoms with E-state index in [2.05, 4.69) is 9.97 Å². The van der Waals surface area contributed by atoms with Crippen LogP contribution in [0, 0.1) is 6.92 Å². The summed E-state index contributed by atoms with van der Waals surface area (Å²) in [6.07, 6.45) is 0.750. The van der Waals surface area contributed by atoms with Crippen molar-refractivity contribution < 1.29 is 8.42 Å². The van der Waals surface area contributed by atoms with Crippen molar-refractivity contribution in [3.05, 3.63) is 22.7 Å². The van der Waals surface area contributed by atoms with Crippen molar-refractivity contribution in [3.8, 4) is 0 Å². The van der Waals surface area contributed by atoms with Crippen LogP contribution in [0.3, 0.4) is 0 Å². The molecule has 2 heterocycles. The second-order valence-corrected chi connectivity index (χ2v) is 7.33. The van der Waals surface area contributed by atoms with Crippen LogP contribution >= 0.6 is 11.6 Å². The van der Waals surface area contributed by atoms with Gasteiger partial charge in [0.1, 0.15) is 11.0 Å². The molecule has 1 aliphatic rings. The minimum absolute atomic E-state index is 0.0777. The number of hydrogen-bond acceptors (Lipinski definition) is 4. The van der Waals surface area contributed by atoms with Crippen LogP contribution in [0.15, 0.2) is 6.07 Å². The number of nitrogens with zero attached hydrogens (tertiary/aromatic N) is 4. The lowest BCUT2D eigenvalue weighted by Crippen LogP contribution is -2.38. The molecule has 8 heteroatoms. The average Bonchev–Trinajstić information content (AvgIpc) is 2.76. The Balaban J connectivity index is 2.19. The van der Waals surface area contributed by atoms with Crippen LogP contribution in [0.4, 0.5) is 0 Å². The van der Waals surface area contributed by atoms with Crippen LogP contribution in [0.2, 0.25) is 5.15 Å². The predicted molar refractivity (Wildman–Crippen MR) is 73.3 cm³/mol. The summed E-state index contributed by atoms with van der Waals surface area (Å²) in [6, 6.07) is 1.71. The molecule has 1 saturated heterocycles. The number of aromatic nitrogens is 2. The Bertz CT molecular complexity index is 556. The Morgan fingerprint density at radius 3 is 2.68 bits per heavy atom. The Kier molecular flexibility index (Phi) is 4.10. The topological polar surface area (TPSA) is 66.4 Å². The highest BCUT2D eigenvalue weighted by molar-refractivity contribution is 7.86.